The Labute approximate surface area is 174 Å². The first-order valence-corrected chi connectivity index (χ1v) is 10.2. The molecule has 3 aliphatic rings. The first kappa shape index (κ1) is 17.4. The van der Waals surface area contributed by atoms with E-state index in [9.17, 15) is 4.79 Å². The molecule has 2 fully saturated rings. The Kier molecular flexibility index (Phi) is 3.65. The fourth-order valence-corrected chi connectivity index (χ4v) is 5.05. The van der Waals surface area contributed by atoms with Gasteiger partial charge in [0, 0.05) is 11.5 Å². The summed E-state index contributed by atoms with van der Waals surface area (Å²) in [7, 11) is 0. The Balaban J connectivity index is 1.37. The van der Waals surface area contributed by atoms with Gasteiger partial charge in [-0.2, -0.15) is 0 Å². The summed E-state index contributed by atoms with van der Waals surface area (Å²) in [5.41, 5.74) is 5.96. The summed E-state index contributed by atoms with van der Waals surface area (Å²) >= 11 is 0. The standard InChI is InChI=1S/C27H20O3/c1-15-16(2)26-23-14-21-18(13-22(23)25(15)30-26)9-6-12-24(21)29-27(28)20-11-5-8-17-7-3-4-10-19(17)20/h3-13,23,25-26H,1-2,14H2/t23-,25+,26-/m1/s1. The fraction of sp³-hybridized carbons (Fsp3) is 0.148. The Hall–Kier alpha value is -3.43. The molecule has 2 aliphatic heterocycles. The van der Waals surface area contributed by atoms with Crippen LogP contribution in [0.1, 0.15) is 21.5 Å². The van der Waals surface area contributed by atoms with Crippen LogP contribution in [0.3, 0.4) is 0 Å². The van der Waals surface area contributed by atoms with Crippen molar-refractivity contribution in [3.8, 4) is 5.75 Å². The van der Waals surface area contributed by atoms with Crippen molar-refractivity contribution in [2.75, 3.05) is 0 Å². The normalized spacial score (nSPS) is 23.9. The lowest BCUT2D eigenvalue weighted by Crippen LogP contribution is -2.27. The van der Waals surface area contributed by atoms with E-state index in [1.807, 2.05) is 54.6 Å². The number of rotatable bonds is 2. The molecule has 0 amide bonds. The van der Waals surface area contributed by atoms with E-state index >= 15 is 0 Å². The van der Waals surface area contributed by atoms with Crippen LogP contribution >= 0.6 is 0 Å². The van der Waals surface area contributed by atoms with E-state index in [2.05, 4.69) is 25.3 Å². The zero-order valence-electron chi connectivity index (χ0n) is 16.4. The quantitative estimate of drug-likeness (QED) is 0.426. The highest BCUT2D eigenvalue weighted by Crippen LogP contribution is 2.52. The molecule has 3 nitrogen and oxygen atoms in total. The summed E-state index contributed by atoms with van der Waals surface area (Å²) in [6.07, 6.45) is 2.88. The lowest BCUT2D eigenvalue weighted by atomic mass is 9.72. The van der Waals surface area contributed by atoms with Crippen molar-refractivity contribution in [3.05, 3.63) is 107 Å². The Morgan fingerprint density at radius 2 is 1.77 bits per heavy atom. The molecule has 0 aromatic heterocycles. The molecule has 6 rings (SSSR count). The highest BCUT2D eigenvalue weighted by atomic mass is 16.5. The van der Waals surface area contributed by atoms with Gasteiger partial charge in [0.25, 0.3) is 0 Å². The summed E-state index contributed by atoms with van der Waals surface area (Å²) < 4.78 is 12.1. The zero-order valence-corrected chi connectivity index (χ0v) is 16.4. The molecule has 1 aliphatic carbocycles. The molecule has 2 bridgehead atoms. The lowest BCUT2D eigenvalue weighted by Gasteiger charge is -2.29. The molecular weight excluding hydrogens is 372 g/mol. The summed E-state index contributed by atoms with van der Waals surface area (Å²) in [6, 6.07) is 19.4. The van der Waals surface area contributed by atoms with Gasteiger partial charge >= 0.3 is 5.97 Å². The van der Waals surface area contributed by atoms with Crippen molar-refractivity contribution in [1.29, 1.82) is 0 Å². The number of carbonyl (C=O) groups is 1. The molecule has 3 aromatic carbocycles. The Morgan fingerprint density at radius 3 is 2.67 bits per heavy atom. The van der Waals surface area contributed by atoms with Crippen LogP contribution < -0.4 is 4.74 Å². The molecule has 0 spiro atoms. The van der Waals surface area contributed by atoms with Crippen molar-refractivity contribution in [1.82, 2.24) is 0 Å². The molecule has 2 saturated heterocycles. The minimum atomic E-state index is -0.336. The van der Waals surface area contributed by atoms with E-state index in [0.717, 1.165) is 39.5 Å². The number of hydrogen-bond acceptors (Lipinski definition) is 3. The highest BCUT2D eigenvalue weighted by Gasteiger charge is 2.50. The van der Waals surface area contributed by atoms with Crippen molar-refractivity contribution in [2.45, 2.75) is 18.6 Å². The van der Waals surface area contributed by atoms with E-state index in [1.54, 1.807) is 0 Å². The van der Waals surface area contributed by atoms with Crippen LogP contribution in [0, 0.1) is 5.92 Å². The predicted octanol–water partition coefficient (Wildman–Crippen LogP) is 5.51. The largest absolute Gasteiger partial charge is 0.423 e. The van der Waals surface area contributed by atoms with Gasteiger partial charge in [0.15, 0.2) is 0 Å². The fourth-order valence-electron chi connectivity index (χ4n) is 5.05. The maximum absolute atomic E-state index is 13.1. The van der Waals surface area contributed by atoms with Crippen molar-refractivity contribution in [2.24, 2.45) is 5.92 Å². The topological polar surface area (TPSA) is 35.5 Å². The summed E-state index contributed by atoms with van der Waals surface area (Å²) in [5.74, 6) is 0.516. The molecule has 2 heterocycles. The van der Waals surface area contributed by atoms with E-state index < -0.39 is 0 Å². The van der Waals surface area contributed by atoms with Gasteiger partial charge in [-0.05, 0) is 51.6 Å². The monoisotopic (exact) mass is 392 g/mol. The van der Waals surface area contributed by atoms with Crippen LogP contribution in [-0.4, -0.2) is 18.2 Å². The number of esters is 1. The van der Waals surface area contributed by atoms with Gasteiger partial charge in [-0.15, -0.1) is 0 Å². The van der Waals surface area contributed by atoms with Crippen molar-refractivity contribution < 1.29 is 14.3 Å². The number of fused-ring (bicyclic) bond motifs is 7. The van der Waals surface area contributed by atoms with Gasteiger partial charge in [-0.25, -0.2) is 4.79 Å². The smallest absolute Gasteiger partial charge is 0.344 e. The molecular formula is C27H20O3. The molecule has 146 valence electrons. The van der Waals surface area contributed by atoms with Crippen LogP contribution in [0.4, 0.5) is 0 Å². The van der Waals surface area contributed by atoms with Crippen LogP contribution in [0.5, 0.6) is 5.75 Å². The number of benzene rings is 3. The van der Waals surface area contributed by atoms with Gasteiger partial charge < -0.3 is 9.47 Å². The third kappa shape index (κ3) is 2.39. The first-order chi connectivity index (χ1) is 14.6. The second kappa shape index (κ2) is 6.28. The summed E-state index contributed by atoms with van der Waals surface area (Å²) in [5, 5.41) is 1.92. The van der Waals surface area contributed by atoms with Crippen LogP contribution in [0.25, 0.3) is 16.8 Å². The second-order valence-electron chi connectivity index (χ2n) is 8.18. The molecule has 3 atom stereocenters. The summed E-state index contributed by atoms with van der Waals surface area (Å²) in [4.78, 5) is 13.1. The first-order valence-electron chi connectivity index (χ1n) is 10.2. The van der Waals surface area contributed by atoms with E-state index in [1.165, 1.54) is 5.57 Å². The molecule has 0 saturated carbocycles. The third-order valence-corrected chi connectivity index (χ3v) is 6.58. The second-order valence-corrected chi connectivity index (χ2v) is 8.18. The van der Waals surface area contributed by atoms with Gasteiger partial charge in [-0.3, -0.25) is 0 Å². The number of carbonyl (C=O) groups excluding carboxylic acids is 1. The number of ether oxygens (including phenoxy) is 2. The van der Waals surface area contributed by atoms with Gasteiger partial charge in [0.1, 0.15) is 11.9 Å². The molecule has 3 heteroatoms. The minimum Gasteiger partial charge on any atom is -0.423 e. The highest BCUT2D eigenvalue weighted by molar-refractivity contribution is 6.05. The zero-order chi connectivity index (χ0) is 20.4. The SMILES string of the molecule is C=C1C(=C)[C@H]2O[C@@H]1C1=Cc3cccc(OC(=O)c4cccc5ccccc45)c3C[C@H]12. The maximum Gasteiger partial charge on any atom is 0.344 e. The molecule has 30 heavy (non-hydrogen) atoms. The Bertz CT molecular complexity index is 1290. The van der Waals surface area contributed by atoms with E-state index in [-0.39, 0.29) is 24.1 Å². The predicted molar refractivity (Wildman–Crippen MR) is 117 cm³/mol. The van der Waals surface area contributed by atoms with E-state index in [0.29, 0.717) is 11.3 Å². The van der Waals surface area contributed by atoms with Gasteiger partial charge in [-0.1, -0.05) is 67.8 Å². The van der Waals surface area contributed by atoms with Crippen molar-refractivity contribution in [3.63, 3.8) is 0 Å². The van der Waals surface area contributed by atoms with Crippen molar-refractivity contribution >= 4 is 22.8 Å². The molecule has 0 radical (unpaired) electrons. The number of hydrogen-bond donors (Lipinski definition) is 0. The van der Waals surface area contributed by atoms with Gasteiger partial charge in [0.05, 0.1) is 11.7 Å². The van der Waals surface area contributed by atoms with Crippen LogP contribution in [0.15, 0.2) is 90.5 Å². The molecule has 0 unspecified atom stereocenters. The summed E-state index contributed by atoms with van der Waals surface area (Å²) in [6.45, 7) is 8.31. The Morgan fingerprint density at radius 1 is 0.967 bits per heavy atom. The van der Waals surface area contributed by atoms with Crippen LogP contribution in [-0.2, 0) is 11.2 Å². The molecule has 0 N–H and O–H groups in total. The van der Waals surface area contributed by atoms with Crippen LogP contribution in [0.2, 0.25) is 0 Å². The average Bonchev–Trinajstić information content (AvgIpc) is 3.28. The van der Waals surface area contributed by atoms with Gasteiger partial charge in [0.2, 0.25) is 0 Å². The average molecular weight is 392 g/mol. The minimum absolute atomic E-state index is 0.0243. The van der Waals surface area contributed by atoms with E-state index in [4.69, 9.17) is 9.47 Å². The molecule has 3 aromatic rings. The third-order valence-electron chi connectivity index (χ3n) is 6.58. The maximum atomic E-state index is 13.1. The lowest BCUT2D eigenvalue weighted by molar-refractivity contribution is 0.0734.